The van der Waals surface area contributed by atoms with Crippen LogP contribution >= 0.6 is 0 Å². The number of sulfonamides is 1. The molecule has 0 heterocycles. The number of hydrogen-bond donors (Lipinski definition) is 3. The number of carbonyl (C=O) groups is 1. The Hall–Kier alpha value is -1.74. The molecule has 1 aromatic rings. The van der Waals surface area contributed by atoms with E-state index in [4.69, 9.17) is 0 Å². The highest BCUT2D eigenvalue weighted by atomic mass is 32.2. The van der Waals surface area contributed by atoms with E-state index in [0.717, 1.165) is 12.3 Å². The van der Waals surface area contributed by atoms with Crippen molar-refractivity contribution in [2.45, 2.75) is 6.42 Å². The Labute approximate surface area is 108 Å². The number of phenols is 1. The van der Waals surface area contributed by atoms with E-state index >= 15 is 0 Å². The molecular weight excluding hydrogens is 282 g/mol. The minimum atomic E-state index is -3.41. The normalized spacial score (nSPS) is 11.3. The van der Waals surface area contributed by atoms with Crippen molar-refractivity contribution in [2.24, 2.45) is 0 Å². The summed E-state index contributed by atoms with van der Waals surface area (Å²) in [6.45, 7) is -0.163. The number of aromatic hydroxyl groups is 1. The summed E-state index contributed by atoms with van der Waals surface area (Å²) in [4.78, 5) is 11.4. The van der Waals surface area contributed by atoms with E-state index in [1.165, 1.54) is 0 Å². The van der Waals surface area contributed by atoms with Gasteiger partial charge in [0.15, 0.2) is 11.6 Å². The molecular formula is C10H12F2N2O4S. The van der Waals surface area contributed by atoms with Crippen molar-refractivity contribution in [2.75, 3.05) is 18.1 Å². The molecule has 0 bridgehead atoms. The van der Waals surface area contributed by atoms with Crippen molar-refractivity contribution >= 4 is 21.6 Å². The van der Waals surface area contributed by atoms with Crippen LogP contribution in [0.15, 0.2) is 12.1 Å². The highest BCUT2D eigenvalue weighted by molar-refractivity contribution is 7.88. The average molecular weight is 294 g/mol. The summed E-state index contributed by atoms with van der Waals surface area (Å²) in [5, 5.41) is 11.3. The quantitative estimate of drug-likeness (QED) is 0.691. The molecule has 1 rings (SSSR count). The van der Waals surface area contributed by atoms with E-state index < -0.39 is 39.0 Å². The molecule has 0 aliphatic heterocycles. The number of halogens is 2. The van der Waals surface area contributed by atoms with E-state index in [1.807, 2.05) is 0 Å². The summed E-state index contributed by atoms with van der Waals surface area (Å²) in [5.41, 5.74) is -0.415. The lowest BCUT2D eigenvalue weighted by Gasteiger charge is -2.08. The molecule has 9 heteroatoms. The maximum absolute atomic E-state index is 13.0. The fourth-order valence-electron chi connectivity index (χ4n) is 1.22. The summed E-state index contributed by atoms with van der Waals surface area (Å²) >= 11 is 0. The third-order valence-electron chi connectivity index (χ3n) is 2.02. The maximum Gasteiger partial charge on any atom is 0.225 e. The number of anilines is 1. The minimum absolute atomic E-state index is 0.163. The van der Waals surface area contributed by atoms with Crippen molar-refractivity contribution in [3.05, 3.63) is 23.8 Å². The number of nitrogens with one attached hydrogen (secondary N) is 2. The van der Waals surface area contributed by atoms with Gasteiger partial charge in [0.2, 0.25) is 15.9 Å². The molecule has 0 radical (unpaired) electrons. The monoisotopic (exact) mass is 294 g/mol. The number of rotatable bonds is 5. The third kappa shape index (κ3) is 5.18. The Kier molecular flexibility index (Phi) is 4.78. The van der Waals surface area contributed by atoms with Crippen molar-refractivity contribution in [3.63, 3.8) is 0 Å². The predicted molar refractivity (Wildman–Crippen MR) is 64.1 cm³/mol. The first-order chi connectivity index (χ1) is 8.69. The fraction of sp³-hybridized carbons (Fsp3) is 0.300. The molecule has 0 fully saturated rings. The SMILES string of the molecule is CS(=O)(=O)NCCC(=O)Nc1cc(F)cc(F)c1O. The molecule has 19 heavy (non-hydrogen) atoms. The first-order valence-electron chi connectivity index (χ1n) is 5.11. The molecule has 0 saturated carbocycles. The molecule has 0 aliphatic rings. The Balaban J connectivity index is 2.63. The summed E-state index contributed by atoms with van der Waals surface area (Å²) in [6.07, 6.45) is 0.684. The Morgan fingerprint density at radius 1 is 1.37 bits per heavy atom. The van der Waals surface area contributed by atoms with Gasteiger partial charge in [0.1, 0.15) is 5.82 Å². The second-order valence-electron chi connectivity index (χ2n) is 3.75. The molecule has 0 atom stereocenters. The lowest BCUT2D eigenvalue weighted by atomic mass is 10.2. The van der Waals surface area contributed by atoms with Gasteiger partial charge in [0.05, 0.1) is 11.9 Å². The molecule has 106 valence electrons. The zero-order chi connectivity index (χ0) is 14.6. The Bertz CT molecular complexity index is 589. The van der Waals surface area contributed by atoms with Crippen LogP contribution in [0, 0.1) is 11.6 Å². The molecule has 0 aliphatic carbocycles. The molecule has 0 saturated heterocycles. The molecule has 0 aromatic heterocycles. The standard InChI is InChI=1S/C10H12F2N2O4S/c1-19(17,18)13-3-2-9(15)14-8-5-6(11)4-7(12)10(8)16/h4-5,13,16H,2-3H2,1H3,(H,14,15). The van der Waals surface area contributed by atoms with Gasteiger partial charge in [0.25, 0.3) is 0 Å². The van der Waals surface area contributed by atoms with Gasteiger partial charge in [-0.15, -0.1) is 0 Å². The smallest absolute Gasteiger partial charge is 0.225 e. The zero-order valence-corrected chi connectivity index (χ0v) is 10.7. The van der Waals surface area contributed by atoms with Gasteiger partial charge in [-0.25, -0.2) is 21.9 Å². The minimum Gasteiger partial charge on any atom is -0.503 e. The second-order valence-corrected chi connectivity index (χ2v) is 5.58. The van der Waals surface area contributed by atoms with Gasteiger partial charge < -0.3 is 10.4 Å². The topological polar surface area (TPSA) is 95.5 Å². The van der Waals surface area contributed by atoms with E-state index in [-0.39, 0.29) is 13.0 Å². The van der Waals surface area contributed by atoms with Crippen LogP contribution in [0.2, 0.25) is 0 Å². The fourth-order valence-corrected chi connectivity index (χ4v) is 1.70. The van der Waals surface area contributed by atoms with E-state index in [2.05, 4.69) is 10.0 Å². The average Bonchev–Trinajstić information content (AvgIpc) is 2.23. The van der Waals surface area contributed by atoms with Crippen LogP contribution in [0.25, 0.3) is 0 Å². The largest absolute Gasteiger partial charge is 0.503 e. The number of carbonyl (C=O) groups excluding carboxylic acids is 1. The highest BCUT2D eigenvalue weighted by Gasteiger charge is 2.13. The van der Waals surface area contributed by atoms with Crippen LogP contribution in [-0.2, 0) is 14.8 Å². The van der Waals surface area contributed by atoms with Crippen molar-refractivity contribution in [3.8, 4) is 5.75 Å². The maximum atomic E-state index is 13.0. The first-order valence-corrected chi connectivity index (χ1v) is 7.00. The lowest BCUT2D eigenvalue weighted by molar-refractivity contribution is -0.116. The van der Waals surface area contributed by atoms with Crippen molar-refractivity contribution in [1.29, 1.82) is 0 Å². The first kappa shape index (κ1) is 15.3. The molecule has 0 spiro atoms. The summed E-state index contributed by atoms with van der Waals surface area (Å²) in [5.74, 6) is -3.74. The van der Waals surface area contributed by atoms with Crippen molar-refractivity contribution in [1.82, 2.24) is 4.72 Å². The number of phenolic OH excluding ortho intramolecular Hbond substituents is 1. The second kappa shape index (κ2) is 5.93. The van der Waals surface area contributed by atoms with E-state index in [9.17, 15) is 27.1 Å². The molecule has 1 aromatic carbocycles. The Morgan fingerprint density at radius 3 is 2.58 bits per heavy atom. The van der Waals surface area contributed by atoms with Gasteiger partial charge in [-0.1, -0.05) is 0 Å². The van der Waals surface area contributed by atoms with Gasteiger partial charge in [0, 0.05) is 25.1 Å². The van der Waals surface area contributed by atoms with Crippen LogP contribution in [0.5, 0.6) is 5.75 Å². The van der Waals surface area contributed by atoms with E-state index in [1.54, 1.807) is 0 Å². The number of benzene rings is 1. The van der Waals surface area contributed by atoms with Crippen LogP contribution in [-0.4, -0.2) is 32.2 Å². The third-order valence-corrected chi connectivity index (χ3v) is 2.75. The van der Waals surface area contributed by atoms with E-state index in [0.29, 0.717) is 6.07 Å². The van der Waals surface area contributed by atoms with Crippen LogP contribution in [0.1, 0.15) is 6.42 Å². The number of hydrogen-bond acceptors (Lipinski definition) is 4. The van der Waals surface area contributed by atoms with Crippen LogP contribution < -0.4 is 10.0 Å². The van der Waals surface area contributed by atoms with Gasteiger partial charge in [-0.2, -0.15) is 0 Å². The summed E-state index contributed by atoms with van der Waals surface area (Å²) < 4.78 is 49.4. The van der Waals surface area contributed by atoms with Gasteiger partial charge >= 0.3 is 0 Å². The highest BCUT2D eigenvalue weighted by Crippen LogP contribution is 2.27. The Morgan fingerprint density at radius 2 is 2.00 bits per heavy atom. The molecule has 1 amide bonds. The molecule has 6 nitrogen and oxygen atoms in total. The zero-order valence-electron chi connectivity index (χ0n) is 9.91. The summed E-state index contributed by atoms with van der Waals surface area (Å²) in [6, 6.07) is 1.22. The van der Waals surface area contributed by atoms with Crippen LogP contribution in [0.4, 0.5) is 14.5 Å². The number of amides is 1. The predicted octanol–water partition coefficient (Wildman–Crippen LogP) is 0.548. The molecule has 3 N–H and O–H groups in total. The molecule has 0 unspecified atom stereocenters. The summed E-state index contributed by atoms with van der Waals surface area (Å²) in [7, 11) is -3.41. The van der Waals surface area contributed by atoms with Gasteiger partial charge in [-0.05, 0) is 0 Å². The van der Waals surface area contributed by atoms with Gasteiger partial charge in [-0.3, -0.25) is 4.79 Å². The van der Waals surface area contributed by atoms with Crippen LogP contribution in [0.3, 0.4) is 0 Å². The lowest BCUT2D eigenvalue weighted by Crippen LogP contribution is -2.26. The van der Waals surface area contributed by atoms with Crippen molar-refractivity contribution < 1.29 is 27.1 Å².